The van der Waals surface area contributed by atoms with E-state index in [9.17, 15) is 4.79 Å². The molecule has 0 unspecified atom stereocenters. The van der Waals surface area contributed by atoms with Crippen LogP contribution in [0.15, 0.2) is 24.3 Å². The minimum absolute atomic E-state index is 0.0542. The second-order valence-electron chi connectivity index (χ2n) is 4.76. The quantitative estimate of drug-likeness (QED) is 0.878. The number of anilines is 1. The Morgan fingerprint density at radius 2 is 1.89 bits per heavy atom. The lowest BCUT2D eigenvalue weighted by atomic mass is 10.1. The van der Waals surface area contributed by atoms with Crippen molar-refractivity contribution in [2.24, 2.45) is 0 Å². The van der Waals surface area contributed by atoms with E-state index < -0.39 is 0 Å². The van der Waals surface area contributed by atoms with E-state index in [0.29, 0.717) is 5.82 Å². The van der Waals surface area contributed by atoms with Crippen molar-refractivity contribution in [3.63, 3.8) is 0 Å². The average Bonchev–Trinajstić information content (AvgIpc) is 2.37. The molecule has 100 valence electrons. The fraction of sp³-hybridized carbons (Fsp3) is 0.357. The zero-order valence-electron chi connectivity index (χ0n) is 11.4. The summed E-state index contributed by atoms with van der Waals surface area (Å²) in [4.78, 5) is 11.6. The highest BCUT2D eigenvalue weighted by molar-refractivity contribution is 5.94. The van der Waals surface area contributed by atoms with Crippen LogP contribution in [0.5, 0.6) is 0 Å². The molecule has 2 rings (SSSR count). The zero-order valence-corrected chi connectivity index (χ0v) is 11.4. The Bertz CT molecular complexity index is 595. The van der Waals surface area contributed by atoms with E-state index in [1.807, 2.05) is 45.0 Å². The van der Waals surface area contributed by atoms with Crippen LogP contribution in [0.25, 0.3) is 10.8 Å². The number of carbonyl (C=O) groups is 1. The van der Waals surface area contributed by atoms with Gasteiger partial charge in [0.25, 0.3) is 0 Å². The fourth-order valence-electron chi connectivity index (χ4n) is 1.91. The molecule has 0 atom stereocenters. The molecule has 1 heterocycles. The van der Waals surface area contributed by atoms with Crippen molar-refractivity contribution in [1.29, 1.82) is 0 Å². The second-order valence-corrected chi connectivity index (χ2v) is 4.76. The summed E-state index contributed by atoms with van der Waals surface area (Å²) in [5.41, 5.74) is 0.882. The van der Waals surface area contributed by atoms with Crippen molar-refractivity contribution < 1.29 is 4.79 Å². The monoisotopic (exact) mass is 258 g/mol. The smallest absolute Gasteiger partial charge is 0.239 e. The lowest BCUT2D eigenvalue weighted by Gasteiger charge is -2.11. The van der Waals surface area contributed by atoms with Gasteiger partial charge in [-0.05, 0) is 20.8 Å². The fourth-order valence-corrected chi connectivity index (χ4v) is 1.91. The first-order valence-electron chi connectivity index (χ1n) is 6.33. The Hall–Kier alpha value is -2.17. The van der Waals surface area contributed by atoms with Gasteiger partial charge in [-0.3, -0.25) is 4.79 Å². The highest BCUT2D eigenvalue weighted by Crippen LogP contribution is 2.21. The molecule has 1 amide bonds. The molecule has 0 saturated carbocycles. The molecular formula is C14H18N4O. The molecule has 0 fully saturated rings. The summed E-state index contributed by atoms with van der Waals surface area (Å²) in [5, 5.41) is 16.1. The summed E-state index contributed by atoms with van der Waals surface area (Å²) in [6.07, 6.45) is 0. The standard InChI is InChI=1S/C14H18N4O/c1-9(2)16-13(19)8-15-14-12-7-5-4-6-11(12)10(3)17-18-14/h4-7,9H,8H2,1-3H3,(H,15,18)(H,16,19). The first kappa shape index (κ1) is 13.3. The minimum atomic E-state index is -0.0542. The second kappa shape index (κ2) is 5.65. The molecule has 0 saturated heterocycles. The van der Waals surface area contributed by atoms with E-state index in [4.69, 9.17) is 0 Å². The van der Waals surface area contributed by atoms with Crippen molar-refractivity contribution in [3.05, 3.63) is 30.0 Å². The predicted molar refractivity (Wildman–Crippen MR) is 76.0 cm³/mol. The lowest BCUT2D eigenvalue weighted by molar-refractivity contribution is -0.119. The summed E-state index contributed by atoms with van der Waals surface area (Å²) in [7, 11) is 0. The maximum atomic E-state index is 11.6. The van der Waals surface area contributed by atoms with Gasteiger partial charge in [0.2, 0.25) is 5.91 Å². The Labute approximate surface area is 112 Å². The van der Waals surface area contributed by atoms with Gasteiger partial charge in [-0.25, -0.2) is 0 Å². The Balaban J connectivity index is 2.17. The van der Waals surface area contributed by atoms with Crippen LogP contribution in [0.1, 0.15) is 19.5 Å². The van der Waals surface area contributed by atoms with Gasteiger partial charge in [0, 0.05) is 16.8 Å². The summed E-state index contributed by atoms with van der Waals surface area (Å²) in [5.74, 6) is 0.585. The van der Waals surface area contributed by atoms with Gasteiger partial charge in [-0.1, -0.05) is 24.3 Å². The number of benzene rings is 1. The number of aromatic nitrogens is 2. The van der Waals surface area contributed by atoms with Crippen molar-refractivity contribution in [2.45, 2.75) is 26.8 Å². The van der Waals surface area contributed by atoms with Crippen molar-refractivity contribution in [1.82, 2.24) is 15.5 Å². The topological polar surface area (TPSA) is 66.9 Å². The maximum Gasteiger partial charge on any atom is 0.239 e. The number of carbonyl (C=O) groups excluding carboxylic acids is 1. The Morgan fingerprint density at radius 1 is 1.21 bits per heavy atom. The first-order chi connectivity index (χ1) is 9.08. The molecule has 19 heavy (non-hydrogen) atoms. The molecule has 0 bridgehead atoms. The molecule has 0 spiro atoms. The lowest BCUT2D eigenvalue weighted by Crippen LogP contribution is -2.35. The molecular weight excluding hydrogens is 240 g/mol. The molecule has 1 aromatic carbocycles. The molecule has 1 aromatic heterocycles. The van der Waals surface area contributed by atoms with Crippen LogP contribution < -0.4 is 10.6 Å². The minimum Gasteiger partial charge on any atom is -0.359 e. The third kappa shape index (κ3) is 3.19. The van der Waals surface area contributed by atoms with Crippen LogP contribution in [0.2, 0.25) is 0 Å². The largest absolute Gasteiger partial charge is 0.359 e. The maximum absolute atomic E-state index is 11.6. The molecule has 0 radical (unpaired) electrons. The Kier molecular flexibility index (Phi) is 3.94. The summed E-state index contributed by atoms with van der Waals surface area (Å²) in [6.45, 7) is 5.97. The SMILES string of the molecule is Cc1nnc(NCC(=O)NC(C)C)c2ccccc12. The molecule has 2 aromatic rings. The molecule has 5 heteroatoms. The molecule has 2 N–H and O–H groups in total. The van der Waals surface area contributed by atoms with Crippen molar-refractivity contribution in [3.8, 4) is 0 Å². The number of fused-ring (bicyclic) bond motifs is 1. The molecule has 0 aliphatic rings. The van der Waals surface area contributed by atoms with Gasteiger partial charge in [0.15, 0.2) is 5.82 Å². The Morgan fingerprint density at radius 3 is 2.58 bits per heavy atom. The van der Waals surface area contributed by atoms with E-state index >= 15 is 0 Å². The first-order valence-corrected chi connectivity index (χ1v) is 6.33. The molecule has 0 aliphatic carbocycles. The number of rotatable bonds is 4. The van der Waals surface area contributed by atoms with E-state index in [2.05, 4.69) is 20.8 Å². The van der Waals surface area contributed by atoms with E-state index in [1.165, 1.54) is 0 Å². The van der Waals surface area contributed by atoms with E-state index in [0.717, 1.165) is 16.5 Å². The van der Waals surface area contributed by atoms with E-state index in [-0.39, 0.29) is 18.5 Å². The van der Waals surface area contributed by atoms with Gasteiger partial charge in [0.1, 0.15) is 0 Å². The number of amides is 1. The van der Waals surface area contributed by atoms with Crippen LogP contribution in [0.3, 0.4) is 0 Å². The highest BCUT2D eigenvalue weighted by atomic mass is 16.1. The van der Waals surface area contributed by atoms with Gasteiger partial charge >= 0.3 is 0 Å². The van der Waals surface area contributed by atoms with Crippen LogP contribution in [0.4, 0.5) is 5.82 Å². The predicted octanol–water partition coefficient (Wildman–Crippen LogP) is 1.87. The summed E-state index contributed by atoms with van der Waals surface area (Å²) >= 11 is 0. The summed E-state index contributed by atoms with van der Waals surface area (Å²) < 4.78 is 0. The zero-order chi connectivity index (χ0) is 13.8. The van der Waals surface area contributed by atoms with Gasteiger partial charge in [0.05, 0.1) is 12.2 Å². The summed E-state index contributed by atoms with van der Waals surface area (Å²) in [6, 6.07) is 8.02. The average molecular weight is 258 g/mol. The normalized spacial score (nSPS) is 10.7. The van der Waals surface area contributed by atoms with Gasteiger partial charge < -0.3 is 10.6 Å². The van der Waals surface area contributed by atoms with Crippen molar-refractivity contribution in [2.75, 3.05) is 11.9 Å². The number of hydrogen-bond donors (Lipinski definition) is 2. The number of nitrogens with one attached hydrogen (secondary N) is 2. The van der Waals surface area contributed by atoms with Gasteiger partial charge in [-0.2, -0.15) is 5.10 Å². The third-order valence-electron chi connectivity index (χ3n) is 2.74. The van der Waals surface area contributed by atoms with Crippen LogP contribution >= 0.6 is 0 Å². The molecule has 0 aliphatic heterocycles. The third-order valence-corrected chi connectivity index (χ3v) is 2.74. The molecule has 5 nitrogen and oxygen atoms in total. The van der Waals surface area contributed by atoms with Crippen LogP contribution in [-0.2, 0) is 4.79 Å². The highest BCUT2D eigenvalue weighted by Gasteiger charge is 2.08. The van der Waals surface area contributed by atoms with Crippen molar-refractivity contribution >= 4 is 22.5 Å². The van der Waals surface area contributed by atoms with Gasteiger partial charge in [-0.15, -0.1) is 5.10 Å². The number of hydrogen-bond acceptors (Lipinski definition) is 4. The van der Waals surface area contributed by atoms with Crippen LogP contribution in [-0.4, -0.2) is 28.7 Å². The van der Waals surface area contributed by atoms with Crippen LogP contribution in [0, 0.1) is 6.92 Å². The van der Waals surface area contributed by atoms with E-state index in [1.54, 1.807) is 0 Å². The number of nitrogens with zero attached hydrogens (tertiary/aromatic N) is 2. The number of aryl methyl sites for hydroxylation is 1.